The van der Waals surface area contributed by atoms with Crippen LogP contribution < -0.4 is 10.6 Å². The largest absolute Gasteiger partial charge is 0.356 e. The van der Waals surface area contributed by atoms with Crippen molar-refractivity contribution in [3.63, 3.8) is 0 Å². The second-order valence-electron chi connectivity index (χ2n) is 6.43. The molecule has 0 radical (unpaired) electrons. The van der Waals surface area contributed by atoms with Crippen molar-refractivity contribution in [1.82, 2.24) is 15.5 Å². The zero-order valence-corrected chi connectivity index (χ0v) is 14.6. The molecule has 0 saturated carbocycles. The molecule has 2 N–H and O–H groups in total. The van der Waals surface area contributed by atoms with Gasteiger partial charge in [0.25, 0.3) is 0 Å². The van der Waals surface area contributed by atoms with Crippen molar-refractivity contribution in [3.05, 3.63) is 35.9 Å². The van der Waals surface area contributed by atoms with Gasteiger partial charge in [-0.05, 0) is 31.4 Å². The van der Waals surface area contributed by atoms with E-state index in [1.165, 1.54) is 5.56 Å². The third-order valence-corrected chi connectivity index (χ3v) is 4.50. The SMILES string of the molecule is CC(=O)N1CCCCNCC(c2ccccc2)CC(=O)NCCC1. The van der Waals surface area contributed by atoms with Crippen LogP contribution in [-0.4, -0.2) is 49.4 Å². The third kappa shape index (κ3) is 6.32. The monoisotopic (exact) mass is 331 g/mol. The summed E-state index contributed by atoms with van der Waals surface area (Å²) in [7, 11) is 0. The Morgan fingerprint density at radius 2 is 1.83 bits per heavy atom. The Kier molecular flexibility index (Phi) is 7.75. The van der Waals surface area contributed by atoms with Crippen molar-refractivity contribution < 1.29 is 9.59 Å². The van der Waals surface area contributed by atoms with Crippen molar-refractivity contribution in [1.29, 1.82) is 0 Å². The molecule has 24 heavy (non-hydrogen) atoms. The normalized spacial score (nSPS) is 21.6. The highest BCUT2D eigenvalue weighted by molar-refractivity contribution is 5.77. The molecule has 132 valence electrons. The van der Waals surface area contributed by atoms with Gasteiger partial charge < -0.3 is 15.5 Å². The predicted molar refractivity (Wildman–Crippen MR) is 95.8 cm³/mol. The highest BCUT2D eigenvalue weighted by Gasteiger charge is 2.16. The van der Waals surface area contributed by atoms with Crippen LogP contribution in [-0.2, 0) is 9.59 Å². The van der Waals surface area contributed by atoms with Crippen molar-refractivity contribution >= 4 is 11.8 Å². The lowest BCUT2D eigenvalue weighted by Crippen LogP contribution is -2.35. The fourth-order valence-electron chi connectivity index (χ4n) is 3.08. The van der Waals surface area contributed by atoms with Crippen LogP contribution in [0.1, 0.15) is 44.1 Å². The number of rotatable bonds is 1. The lowest BCUT2D eigenvalue weighted by molar-refractivity contribution is -0.129. The lowest BCUT2D eigenvalue weighted by atomic mass is 9.95. The second-order valence-corrected chi connectivity index (χ2v) is 6.43. The van der Waals surface area contributed by atoms with Crippen LogP contribution in [0.2, 0.25) is 0 Å². The van der Waals surface area contributed by atoms with Crippen molar-refractivity contribution in [2.45, 2.75) is 38.5 Å². The van der Waals surface area contributed by atoms with E-state index in [1.54, 1.807) is 6.92 Å². The Labute approximate surface area is 144 Å². The zero-order chi connectivity index (χ0) is 17.2. The van der Waals surface area contributed by atoms with Crippen LogP contribution in [0, 0.1) is 0 Å². The summed E-state index contributed by atoms with van der Waals surface area (Å²) in [5.74, 6) is 0.394. The maximum Gasteiger partial charge on any atom is 0.220 e. The zero-order valence-electron chi connectivity index (χ0n) is 14.6. The van der Waals surface area contributed by atoms with Crippen LogP contribution in [0.3, 0.4) is 0 Å². The molecule has 5 nitrogen and oxygen atoms in total. The molecule has 2 amide bonds. The lowest BCUT2D eigenvalue weighted by Gasteiger charge is -2.23. The second kappa shape index (κ2) is 10.1. The van der Waals surface area contributed by atoms with E-state index in [2.05, 4.69) is 22.8 Å². The van der Waals surface area contributed by atoms with E-state index in [1.807, 2.05) is 23.1 Å². The average Bonchev–Trinajstić information content (AvgIpc) is 2.58. The Morgan fingerprint density at radius 1 is 1.08 bits per heavy atom. The predicted octanol–water partition coefficient (Wildman–Crippen LogP) is 1.90. The fraction of sp³-hybridized carbons (Fsp3) is 0.579. The Balaban J connectivity index is 1.95. The van der Waals surface area contributed by atoms with E-state index in [9.17, 15) is 9.59 Å². The fourth-order valence-corrected chi connectivity index (χ4v) is 3.08. The first kappa shape index (κ1) is 18.5. The van der Waals surface area contributed by atoms with E-state index >= 15 is 0 Å². The smallest absolute Gasteiger partial charge is 0.220 e. The maximum atomic E-state index is 12.2. The minimum Gasteiger partial charge on any atom is -0.356 e. The van der Waals surface area contributed by atoms with Gasteiger partial charge in [0.15, 0.2) is 0 Å². The van der Waals surface area contributed by atoms with Crippen LogP contribution in [0.4, 0.5) is 0 Å². The molecule has 1 saturated heterocycles. The van der Waals surface area contributed by atoms with Gasteiger partial charge in [-0.2, -0.15) is 0 Å². The first-order valence-corrected chi connectivity index (χ1v) is 8.94. The molecule has 0 aromatic heterocycles. The Morgan fingerprint density at radius 3 is 2.58 bits per heavy atom. The average molecular weight is 331 g/mol. The third-order valence-electron chi connectivity index (χ3n) is 4.50. The van der Waals surface area contributed by atoms with Crippen molar-refractivity contribution in [2.24, 2.45) is 0 Å². The summed E-state index contributed by atoms with van der Waals surface area (Å²) in [6.45, 7) is 5.46. The van der Waals surface area contributed by atoms with Gasteiger partial charge in [-0.25, -0.2) is 0 Å². The molecule has 1 aromatic carbocycles. The maximum absolute atomic E-state index is 12.2. The summed E-state index contributed by atoms with van der Waals surface area (Å²) >= 11 is 0. The summed E-state index contributed by atoms with van der Waals surface area (Å²) < 4.78 is 0. The van der Waals surface area contributed by atoms with E-state index in [0.29, 0.717) is 19.5 Å². The minimum absolute atomic E-state index is 0.0806. The van der Waals surface area contributed by atoms with Crippen molar-refractivity contribution in [3.8, 4) is 0 Å². The summed E-state index contributed by atoms with van der Waals surface area (Å²) in [5, 5.41) is 6.46. The van der Waals surface area contributed by atoms with Crippen LogP contribution in [0.25, 0.3) is 0 Å². The number of carbonyl (C=O) groups is 2. The molecule has 1 heterocycles. The number of carbonyl (C=O) groups excluding carboxylic acids is 2. The first-order valence-electron chi connectivity index (χ1n) is 8.94. The number of hydrogen-bond acceptors (Lipinski definition) is 3. The molecule has 1 atom stereocenters. The highest BCUT2D eigenvalue weighted by atomic mass is 16.2. The molecule has 0 spiro atoms. The van der Waals surface area contributed by atoms with Crippen LogP contribution >= 0.6 is 0 Å². The molecule has 0 bridgehead atoms. The van der Waals surface area contributed by atoms with E-state index in [4.69, 9.17) is 0 Å². The van der Waals surface area contributed by atoms with Gasteiger partial charge in [0, 0.05) is 45.4 Å². The molecule has 5 heteroatoms. The molecule has 1 fully saturated rings. The molecule has 1 aliphatic heterocycles. The molecule has 1 unspecified atom stereocenters. The van der Waals surface area contributed by atoms with E-state index in [0.717, 1.165) is 38.9 Å². The number of nitrogens with zero attached hydrogens (tertiary/aromatic N) is 1. The van der Waals surface area contributed by atoms with Gasteiger partial charge in [-0.1, -0.05) is 30.3 Å². The number of amides is 2. The Hall–Kier alpha value is -1.88. The molecular weight excluding hydrogens is 302 g/mol. The van der Waals surface area contributed by atoms with Crippen molar-refractivity contribution in [2.75, 3.05) is 32.7 Å². The molecule has 1 aromatic rings. The number of benzene rings is 1. The summed E-state index contributed by atoms with van der Waals surface area (Å²) in [5.41, 5.74) is 1.20. The Bertz CT molecular complexity index is 519. The molecule has 1 aliphatic rings. The van der Waals surface area contributed by atoms with Gasteiger partial charge in [0.1, 0.15) is 0 Å². The summed E-state index contributed by atoms with van der Waals surface area (Å²) in [6, 6.07) is 10.2. The van der Waals surface area contributed by atoms with Gasteiger partial charge in [0.2, 0.25) is 11.8 Å². The standard InChI is InChI=1S/C19H29N3O2/c1-16(23)22-12-6-5-10-20-15-18(17-8-3-2-4-9-17)14-19(24)21-11-7-13-22/h2-4,8-9,18,20H,5-7,10-15H2,1H3,(H,21,24). The van der Waals surface area contributed by atoms with Gasteiger partial charge in [-0.3, -0.25) is 9.59 Å². The van der Waals surface area contributed by atoms with Crippen LogP contribution in [0.5, 0.6) is 0 Å². The summed E-state index contributed by atoms with van der Waals surface area (Å²) in [6.07, 6.45) is 3.35. The van der Waals surface area contributed by atoms with Gasteiger partial charge >= 0.3 is 0 Å². The quantitative estimate of drug-likeness (QED) is 0.826. The van der Waals surface area contributed by atoms with E-state index < -0.39 is 0 Å². The summed E-state index contributed by atoms with van der Waals surface area (Å²) in [4.78, 5) is 25.7. The molecular formula is C19H29N3O2. The topological polar surface area (TPSA) is 61.4 Å². The van der Waals surface area contributed by atoms with Gasteiger partial charge in [-0.15, -0.1) is 0 Å². The van der Waals surface area contributed by atoms with E-state index in [-0.39, 0.29) is 17.7 Å². The number of nitrogens with one attached hydrogen (secondary N) is 2. The minimum atomic E-state index is 0.0806. The molecule has 2 rings (SSSR count). The first-order chi connectivity index (χ1) is 11.7. The highest BCUT2D eigenvalue weighted by Crippen LogP contribution is 2.18. The van der Waals surface area contributed by atoms with Crippen LogP contribution in [0.15, 0.2) is 30.3 Å². The number of hydrogen-bond donors (Lipinski definition) is 2. The van der Waals surface area contributed by atoms with Gasteiger partial charge in [0.05, 0.1) is 0 Å². The molecule has 0 aliphatic carbocycles.